The van der Waals surface area contributed by atoms with E-state index < -0.39 is 0 Å². The molecule has 20 heavy (non-hydrogen) atoms. The minimum absolute atomic E-state index is 0.355. The molecule has 0 aromatic heterocycles. The standard InChI is InChI=1S/C17H26N2O/c1-3-20-16-8-6-7-15(11-16)19-13-17(9-4-5-10-17)18-12-14(19)2/h6-8,11,14,18H,3-5,9-10,12-13H2,1-2H3. The molecule has 110 valence electrons. The summed E-state index contributed by atoms with van der Waals surface area (Å²) in [5.41, 5.74) is 1.66. The van der Waals surface area contributed by atoms with Crippen LogP contribution in [-0.2, 0) is 0 Å². The normalized spacial score (nSPS) is 25.1. The van der Waals surface area contributed by atoms with Crippen LogP contribution in [0.5, 0.6) is 5.75 Å². The summed E-state index contributed by atoms with van der Waals surface area (Å²) in [6.07, 6.45) is 5.38. The second-order valence-corrected chi connectivity index (χ2v) is 6.28. The summed E-state index contributed by atoms with van der Waals surface area (Å²) in [6, 6.07) is 9.10. The van der Waals surface area contributed by atoms with Gasteiger partial charge in [-0.2, -0.15) is 0 Å². The van der Waals surface area contributed by atoms with Crippen LogP contribution in [0, 0.1) is 0 Å². The second-order valence-electron chi connectivity index (χ2n) is 6.28. The molecule has 1 N–H and O–H groups in total. The molecule has 1 aliphatic heterocycles. The number of nitrogens with zero attached hydrogens (tertiary/aromatic N) is 1. The van der Waals surface area contributed by atoms with E-state index in [1.807, 2.05) is 13.0 Å². The van der Waals surface area contributed by atoms with E-state index in [1.54, 1.807) is 0 Å². The second kappa shape index (κ2) is 5.65. The number of hydrogen-bond donors (Lipinski definition) is 1. The van der Waals surface area contributed by atoms with Crippen molar-refractivity contribution >= 4 is 5.69 Å². The SMILES string of the molecule is CCOc1cccc(N2CC3(CCCC3)NCC2C)c1. The zero-order valence-corrected chi connectivity index (χ0v) is 12.7. The maximum atomic E-state index is 5.65. The Labute approximate surface area is 122 Å². The molecule has 1 spiro atoms. The lowest BCUT2D eigenvalue weighted by atomic mass is 9.92. The van der Waals surface area contributed by atoms with Crippen LogP contribution in [0.25, 0.3) is 0 Å². The van der Waals surface area contributed by atoms with E-state index >= 15 is 0 Å². The van der Waals surface area contributed by atoms with Gasteiger partial charge >= 0.3 is 0 Å². The first-order chi connectivity index (χ1) is 9.72. The third-order valence-electron chi connectivity index (χ3n) is 4.80. The van der Waals surface area contributed by atoms with Gasteiger partial charge in [0.1, 0.15) is 5.75 Å². The molecule has 3 nitrogen and oxygen atoms in total. The molecule has 1 aromatic rings. The Morgan fingerprint density at radius 3 is 2.90 bits per heavy atom. The van der Waals surface area contributed by atoms with Crippen LogP contribution in [-0.4, -0.2) is 31.3 Å². The average molecular weight is 274 g/mol. The minimum Gasteiger partial charge on any atom is -0.494 e. The molecular formula is C17H26N2O. The molecule has 2 aliphatic rings. The van der Waals surface area contributed by atoms with E-state index in [2.05, 4.69) is 35.3 Å². The predicted octanol–water partition coefficient (Wildman–Crippen LogP) is 3.20. The number of nitrogens with one attached hydrogen (secondary N) is 1. The predicted molar refractivity (Wildman–Crippen MR) is 83.6 cm³/mol. The molecule has 1 aliphatic carbocycles. The van der Waals surface area contributed by atoms with Crippen LogP contribution in [0.15, 0.2) is 24.3 Å². The van der Waals surface area contributed by atoms with E-state index in [9.17, 15) is 0 Å². The van der Waals surface area contributed by atoms with Crippen molar-refractivity contribution in [2.45, 2.75) is 51.1 Å². The summed E-state index contributed by atoms with van der Waals surface area (Å²) >= 11 is 0. The van der Waals surface area contributed by atoms with E-state index in [4.69, 9.17) is 4.74 Å². The molecule has 3 rings (SSSR count). The molecule has 1 heterocycles. The first-order valence-electron chi connectivity index (χ1n) is 7.97. The van der Waals surface area contributed by atoms with Gasteiger partial charge in [-0.1, -0.05) is 18.9 Å². The van der Waals surface area contributed by atoms with Crippen molar-refractivity contribution in [3.05, 3.63) is 24.3 Å². The van der Waals surface area contributed by atoms with Crippen LogP contribution < -0.4 is 15.0 Å². The number of hydrogen-bond acceptors (Lipinski definition) is 3. The summed E-state index contributed by atoms with van der Waals surface area (Å²) in [4.78, 5) is 2.56. The van der Waals surface area contributed by atoms with Gasteiger partial charge in [-0.15, -0.1) is 0 Å². The Kier molecular flexibility index (Phi) is 3.88. The molecule has 1 aromatic carbocycles. The lowest BCUT2D eigenvalue weighted by molar-refractivity contribution is 0.276. The number of anilines is 1. The van der Waals surface area contributed by atoms with Crippen molar-refractivity contribution in [3.8, 4) is 5.75 Å². The fourth-order valence-electron chi connectivity index (χ4n) is 3.66. The zero-order valence-electron chi connectivity index (χ0n) is 12.7. The number of piperazine rings is 1. The summed E-state index contributed by atoms with van der Waals surface area (Å²) in [7, 11) is 0. The largest absolute Gasteiger partial charge is 0.494 e. The third-order valence-corrected chi connectivity index (χ3v) is 4.80. The van der Waals surface area contributed by atoms with E-state index in [1.165, 1.54) is 31.4 Å². The van der Waals surface area contributed by atoms with Crippen LogP contribution in [0.1, 0.15) is 39.5 Å². The fraction of sp³-hybridized carbons (Fsp3) is 0.647. The molecule has 1 saturated carbocycles. The highest BCUT2D eigenvalue weighted by Gasteiger charge is 2.39. The van der Waals surface area contributed by atoms with Crippen LogP contribution in [0.4, 0.5) is 5.69 Å². The molecular weight excluding hydrogens is 248 g/mol. The highest BCUT2D eigenvalue weighted by Crippen LogP contribution is 2.35. The van der Waals surface area contributed by atoms with Gasteiger partial charge in [-0.25, -0.2) is 0 Å². The van der Waals surface area contributed by atoms with Crippen molar-refractivity contribution in [3.63, 3.8) is 0 Å². The van der Waals surface area contributed by atoms with E-state index in [0.717, 1.165) is 25.4 Å². The van der Waals surface area contributed by atoms with Crippen molar-refractivity contribution in [1.82, 2.24) is 5.32 Å². The highest BCUT2D eigenvalue weighted by molar-refractivity contribution is 5.52. The summed E-state index contributed by atoms with van der Waals surface area (Å²) in [5, 5.41) is 3.81. The maximum absolute atomic E-state index is 5.65. The average Bonchev–Trinajstić information content (AvgIpc) is 2.91. The van der Waals surface area contributed by atoms with E-state index in [0.29, 0.717) is 11.6 Å². The Hall–Kier alpha value is -1.22. The third kappa shape index (κ3) is 2.64. The topological polar surface area (TPSA) is 24.5 Å². The molecule has 1 saturated heterocycles. The van der Waals surface area contributed by atoms with Crippen molar-refractivity contribution in [2.75, 3.05) is 24.6 Å². The first-order valence-corrected chi connectivity index (χ1v) is 7.97. The Morgan fingerprint density at radius 1 is 1.35 bits per heavy atom. The lowest BCUT2D eigenvalue weighted by Gasteiger charge is -2.46. The summed E-state index contributed by atoms with van der Waals surface area (Å²) < 4.78 is 5.65. The number of rotatable bonds is 3. The van der Waals surface area contributed by atoms with Gasteiger partial charge in [0.05, 0.1) is 6.61 Å². The van der Waals surface area contributed by atoms with Gasteiger partial charge in [0.25, 0.3) is 0 Å². The monoisotopic (exact) mass is 274 g/mol. The number of benzene rings is 1. The Bertz CT molecular complexity index is 454. The van der Waals surface area contributed by atoms with Gasteiger partial charge < -0.3 is 15.0 Å². The lowest BCUT2D eigenvalue weighted by Crippen LogP contribution is -2.62. The van der Waals surface area contributed by atoms with Gasteiger partial charge in [0.15, 0.2) is 0 Å². The molecule has 2 fully saturated rings. The molecule has 3 heteroatoms. The number of ether oxygens (including phenoxy) is 1. The zero-order chi connectivity index (χ0) is 14.0. The van der Waals surface area contributed by atoms with Gasteiger partial charge in [0, 0.05) is 36.4 Å². The first kappa shape index (κ1) is 13.7. The quantitative estimate of drug-likeness (QED) is 0.916. The minimum atomic E-state index is 0.355. The van der Waals surface area contributed by atoms with Crippen LogP contribution in [0.3, 0.4) is 0 Å². The van der Waals surface area contributed by atoms with Crippen LogP contribution in [0.2, 0.25) is 0 Å². The molecule has 0 amide bonds. The molecule has 0 bridgehead atoms. The van der Waals surface area contributed by atoms with Crippen LogP contribution >= 0.6 is 0 Å². The fourth-order valence-corrected chi connectivity index (χ4v) is 3.66. The Balaban J connectivity index is 1.81. The van der Waals surface area contributed by atoms with Crippen molar-refractivity contribution in [1.29, 1.82) is 0 Å². The van der Waals surface area contributed by atoms with Gasteiger partial charge in [0.2, 0.25) is 0 Å². The van der Waals surface area contributed by atoms with Crippen molar-refractivity contribution < 1.29 is 4.74 Å². The van der Waals surface area contributed by atoms with E-state index in [-0.39, 0.29) is 0 Å². The summed E-state index contributed by atoms with van der Waals surface area (Å²) in [5.74, 6) is 0.983. The van der Waals surface area contributed by atoms with Gasteiger partial charge in [-0.3, -0.25) is 0 Å². The molecule has 0 radical (unpaired) electrons. The van der Waals surface area contributed by atoms with Crippen molar-refractivity contribution in [2.24, 2.45) is 0 Å². The molecule has 1 atom stereocenters. The Morgan fingerprint density at radius 2 is 2.15 bits per heavy atom. The summed E-state index contributed by atoms with van der Waals surface area (Å²) in [6.45, 7) is 7.28. The smallest absolute Gasteiger partial charge is 0.121 e. The molecule has 1 unspecified atom stereocenters. The maximum Gasteiger partial charge on any atom is 0.121 e. The highest BCUT2D eigenvalue weighted by atomic mass is 16.5. The van der Waals surface area contributed by atoms with Gasteiger partial charge in [-0.05, 0) is 38.8 Å².